The van der Waals surface area contributed by atoms with Crippen molar-refractivity contribution in [1.82, 2.24) is 10.2 Å². The molecule has 0 radical (unpaired) electrons. The molecule has 6 heteroatoms. The number of hydrogen-bond donors (Lipinski definition) is 3. The first-order valence-corrected chi connectivity index (χ1v) is 5.90. The fourth-order valence-corrected chi connectivity index (χ4v) is 2.18. The second-order valence-corrected chi connectivity index (χ2v) is 4.58. The van der Waals surface area contributed by atoms with Crippen molar-refractivity contribution in [2.75, 3.05) is 6.54 Å². The Hall–Kier alpha value is -1.30. The van der Waals surface area contributed by atoms with Gasteiger partial charge in [0.15, 0.2) is 6.10 Å². The summed E-state index contributed by atoms with van der Waals surface area (Å²) in [6, 6.07) is 0.00596. The molecule has 1 heterocycles. The van der Waals surface area contributed by atoms with Crippen LogP contribution >= 0.6 is 0 Å². The third-order valence-electron chi connectivity index (χ3n) is 3.16. The average molecular weight is 244 g/mol. The van der Waals surface area contributed by atoms with E-state index in [1.807, 2.05) is 13.8 Å². The molecule has 0 spiro atoms. The molecule has 3 N–H and O–H groups in total. The Morgan fingerprint density at radius 1 is 1.35 bits per heavy atom. The number of aliphatic hydroxyl groups excluding tert-OH is 1. The minimum Gasteiger partial charge on any atom is -0.479 e. The van der Waals surface area contributed by atoms with E-state index in [1.165, 1.54) is 0 Å². The van der Waals surface area contributed by atoms with Crippen LogP contribution in [0.4, 0.5) is 4.79 Å². The van der Waals surface area contributed by atoms with Gasteiger partial charge in [-0.05, 0) is 33.1 Å². The molecule has 6 nitrogen and oxygen atoms in total. The molecule has 0 bridgehead atoms. The number of carbonyl (C=O) groups is 2. The number of likely N-dealkylation sites (tertiary alicyclic amines) is 1. The van der Waals surface area contributed by atoms with E-state index in [0.717, 1.165) is 19.3 Å². The molecule has 0 aromatic heterocycles. The molecule has 3 atom stereocenters. The van der Waals surface area contributed by atoms with Crippen LogP contribution in [-0.2, 0) is 4.79 Å². The van der Waals surface area contributed by atoms with Gasteiger partial charge >= 0.3 is 12.0 Å². The summed E-state index contributed by atoms with van der Waals surface area (Å²) in [7, 11) is 0. The smallest absolute Gasteiger partial charge is 0.334 e. The van der Waals surface area contributed by atoms with E-state index in [0.29, 0.717) is 0 Å². The highest BCUT2D eigenvalue weighted by atomic mass is 16.4. The van der Waals surface area contributed by atoms with Crippen LogP contribution < -0.4 is 5.32 Å². The fourth-order valence-electron chi connectivity index (χ4n) is 2.18. The van der Waals surface area contributed by atoms with Crippen LogP contribution in [0.15, 0.2) is 0 Å². The van der Waals surface area contributed by atoms with Crippen molar-refractivity contribution in [3.8, 4) is 0 Å². The summed E-state index contributed by atoms with van der Waals surface area (Å²) in [6.45, 7) is 3.69. The molecule has 0 aromatic rings. The van der Waals surface area contributed by atoms with Crippen LogP contribution in [0.2, 0.25) is 0 Å². The molecule has 1 saturated heterocycles. The molecule has 1 aliphatic heterocycles. The summed E-state index contributed by atoms with van der Waals surface area (Å²) in [5.74, 6) is -1.33. The van der Waals surface area contributed by atoms with E-state index in [1.54, 1.807) is 4.90 Å². The number of aliphatic hydroxyl groups is 1. The van der Waals surface area contributed by atoms with Gasteiger partial charge in [-0.25, -0.2) is 9.59 Å². The molecule has 1 aliphatic rings. The van der Waals surface area contributed by atoms with Gasteiger partial charge in [0, 0.05) is 12.1 Å². The maximum absolute atomic E-state index is 11.9. The summed E-state index contributed by atoms with van der Waals surface area (Å²) < 4.78 is 0. The standard InChI is InChI=1S/C11H20N2O4/c1-7-4-3-5-8(2)13(7)11(17)12-6-9(14)10(15)16/h7-9,14H,3-6H2,1-2H3,(H,12,17)(H,15,16)/t7-,8+,9-/m0/s1. The molecule has 0 unspecified atom stereocenters. The molecule has 1 rings (SSSR count). The van der Waals surface area contributed by atoms with Gasteiger partial charge < -0.3 is 20.4 Å². The second-order valence-electron chi connectivity index (χ2n) is 4.58. The molecular weight excluding hydrogens is 224 g/mol. The molecule has 0 aliphatic carbocycles. The fraction of sp³-hybridized carbons (Fsp3) is 0.818. The summed E-state index contributed by atoms with van der Waals surface area (Å²) in [5.41, 5.74) is 0. The first kappa shape index (κ1) is 13.8. The largest absolute Gasteiger partial charge is 0.479 e. The zero-order valence-corrected chi connectivity index (χ0v) is 10.2. The monoisotopic (exact) mass is 244 g/mol. The maximum Gasteiger partial charge on any atom is 0.334 e. The molecule has 17 heavy (non-hydrogen) atoms. The van der Waals surface area contributed by atoms with Crippen molar-refractivity contribution in [1.29, 1.82) is 0 Å². The first-order valence-electron chi connectivity index (χ1n) is 5.90. The third kappa shape index (κ3) is 3.59. The highest BCUT2D eigenvalue weighted by molar-refractivity contribution is 5.77. The van der Waals surface area contributed by atoms with Crippen LogP contribution in [0.5, 0.6) is 0 Å². The van der Waals surface area contributed by atoms with Crippen molar-refractivity contribution >= 4 is 12.0 Å². The molecular formula is C11H20N2O4. The highest BCUT2D eigenvalue weighted by Gasteiger charge is 2.29. The van der Waals surface area contributed by atoms with Crippen molar-refractivity contribution in [3.05, 3.63) is 0 Å². The Morgan fingerprint density at radius 3 is 2.35 bits per heavy atom. The number of aliphatic carboxylic acids is 1. The predicted molar refractivity (Wildman–Crippen MR) is 61.7 cm³/mol. The van der Waals surface area contributed by atoms with Gasteiger partial charge in [-0.3, -0.25) is 0 Å². The number of urea groups is 1. The quantitative estimate of drug-likeness (QED) is 0.670. The zero-order chi connectivity index (χ0) is 13.0. The first-order chi connectivity index (χ1) is 7.93. The van der Waals surface area contributed by atoms with Gasteiger partial charge in [-0.1, -0.05) is 0 Å². The molecule has 0 aromatic carbocycles. The Bertz CT molecular complexity index is 285. The maximum atomic E-state index is 11.9. The number of nitrogens with zero attached hydrogens (tertiary/aromatic N) is 1. The highest BCUT2D eigenvalue weighted by Crippen LogP contribution is 2.22. The van der Waals surface area contributed by atoms with Crippen LogP contribution in [0, 0.1) is 0 Å². The minimum absolute atomic E-state index is 0.153. The van der Waals surface area contributed by atoms with Crippen molar-refractivity contribution in [3.63, 3.8) is 0 Å². The van der Waals surface area contributed by atoms with E-state index in [-0.39, 0.29) is 24.7 Å². The van der Waals surface area contributed by atoms with Gasteiger partial charge in [-0.2, -0.15) is 0 Å². The summed E-state index contributed by atoms with van der Waals surface area (Å²) in [4.78, 5) is 24.0. The van der Waals surface area contributed by atoms with E-state index >= 15 is 0 Å². The van der Waals surface area contributed by atoms with Crippen molar-refractivity contribution in [2.45, 2.75) is 51.3 Å². The Balaban J connectivity index is 2.48. The van der Waals surface area contributed by atoms with Crippen LogP contribution in [-0.4, -0.2) is 51.8 Å². The number of piperidine rings is 1. The number of carboxylic acids is 1. The Morgan fingerprint density at radius 2 is 1.88 bits per heavy atom. The lowest BCUT2D eigenvalue weighted by Gasteiger charge is -2.39. The molecule has 98 valence electrons. The van der Waals surface area contributed by atoms with Crippen LogP contribution in [0.3, 0.4) is 0 Å². The van der Waals surface area contributed by atoms with E-state index in [4.69, 9.17) is 10.2 Å². The van der Waals surface area contributed by atoms with Crippen molar-refractivity contribution < 1.29 is 19.8 Å². The number of nitrogens with one attached hydrogen (secondary N) is 1. The second kappa shape index (κ2) is 5.86. The third-order valence-corrected chi connectivity index (χ3v) is 3.16. The average Bonchev–Trinajstić information content (AvgIpc) is 2.25. The van der Waals surface area contributed by atoms with Gasteiger partial charge in [0.1, 0.15) is 0 Å². The number of amides is 2. The number of carbonyl (C=O) groups excluding carboxylic acids is 1. The van der Waals surface area contributed by atoms with E-state index in [2.05, 4.69) is 5.32 Å². The lowest BCUT2D eigenvalue weighted by Crippen LogP contribution is -2.53. The molecule has 0 saturated carbocycles. The minimum atomic E-state index is -1.55. The summed E-state index contributed by atoms with van der Waals surface area (Å²) in [5, 5.41) is 20.0. The lowest BCUT2D eigenvalue weighted by molar-refractivity contribution is -0.146. The van der Waals surface area contributed by atoms with Gasteiger partial charge in [-0.15, -0.1) is 0 Å². The number of carboxylic acid groups (broad SMARTS) is 1. The number of rotatable bonds is 3. The van der Waals surface area contributed by atoms with Gasteiger partial charge in [0.25, 0.3) is 0 Å². The van der Waals surface area contributed by atoms with E-state index in [9.17, 15) is 9.59 Å². The predicted octanol–water partition coefficient (Wildman–Crippen LogP) is 0.404. The van der Waals surface area contributed by atoms with E-state index < -0.39 is 12.1 Å². The van der Waals surface area contributed by atoms with Gasteiger partial charge in [0.05, 0.1) is 6.54 Å². The summed E-state index contributed by atoms with van der Waals surface area (Å²) >= 11 is 0. The van der Waals surface area contributed by atoms with Crippen molar-refractivity contribution in [2.24, 2.45) is 0 Å². The van der Waals surface area contributed by atoms with Crippen LogP contribution in [0.25, 0.3) is 0 Å². The topological polar surface area (TPSA) is 89.9 Å². The Kier molecular flexibility index (Phi) is 4.74. The molecule has 2 amide bonds. The normalized spacial score (nSPS) is 26.4. The number of hydrogen-bond acceptors (Lipinski definition) is 3. The molecule has 1 fully saturated rings. The van der Waals surface area contributed by atoms with Crippen LogP contribution in [0.1, 0.15) is 33.1 Å². The van der Waals surface area contributed by atoms with Gasteiger partial charge in [0.2, 0.25) is 0 Å². The zero-order valence-electron chi connectivity index (χ0n) is 10.2. The summed E-state index contributed by atoms with van der Waals surface area (Å²) in [6.07, 6.45) is 1.47. The Labute approximate surface area is 101 Å². The SMILES string of the molecule is C[C@@H]1CCC[C@H](C)N1C(=O)NC[C@H](O)C(=O)O. The lowest BCUT2D eigenvalue weighted by atomic mass is 9.98.